The number of rotatable bonds is 6. The van der Waals surface area contributed by atoms with Gasteiger partial charge in [-0.3, -0.25) is 0 Å². The van der Waals surface area contributed by atoms with Gasteiger partial charge >= 0.3 is 0 Å². The SMILES string of the molecule is CCC(CCO)CNc1ncncc1Br. The lowest BCUT2D eigenvalue weighted by Gasteiger charge is -2.14. The molecule has 1 heterocycles. The van der Waals surface area contributed by atoms with Crippen molar-refractivity contribution in [1.29, 1.82) is 0 Å². The van der Waals surface area contributed by atoms with Crippen LogP contribution < -0.4 is 5.32 Å². The highest BCUT2D eigenvalue weighted by molar-refractivity contribution is 9.10. The van der Waals surface area contributed by atoms with Crippen LogP contribution in [0.15, 0.2) is 17.0 Å². The van der Waals surface area contributed by atoms with Gasteiger partial charge in [-0.25, -0.2) is 9.97 Å². The van der Waals surface area contributed by atoms with E-state index >= 15 is 0 Å². The zero-order chi connectivity index (χ0) is 11.1. The summed E-state index contributed by atoms with van der Waals surface area (Å²) in [5.74, 6) is 1.29. The average molecular weight is 274 g/mol. The molecule has 1 atom stereocenters. The second-order valence-corrected chi connectivity index (χ2v) is 4.24. The number of hydrogen-bond donors (Lipinski definition) is 2. The van der Waals surface area contributed by atoms with Crippen molar-refractivity contribution in [1.82, 2.24) is 9.97 Å². The van der Waals surface area contributed by atoms with E-state index in [0.717, 1.165) is 29.7 Å². The molecule has 4 nitrogen and oxygen atoms in total. The van der Waals surface area contributed by atoms with Gasteiger partial charge in [-0.15, -0.1) is 0 Å². The number of nitrogens with one attached hydrogen (secondary N) is 1. The summed E-state index contributed by atoms with van der Waals surface area (Å²) in [5.41, 5.74) is 0. The Morgan fingerprint density at radius 1 is 1.60 bits per heavy atom. The van der Waals surface area contributed by atoms with E-state index in [1.54, 1.807) is 6.20 Å². The molecule has 0 saturated heterocycles. The van der Waals surface area contributed by atoms with E-state index in [1.807, 2.05) is 0 Å². The number of hydrogen-bond acceptors (Lipinski definition) is 4. The van der Waals surface area contributed by atoms with Crippen molar-refractivity contribution < 1.29 is 5.11 Å². The van der Waals surface area contributed by atoms with E-state index in [1.165, 1.54) is 6.33 Å². The van der Waals surface area contributed by atoms with E-state index in [9.17, 15) is 0 Å². The molecular weight excluding hydrogens is 258 g/mol. The first-order valence-corrected chi connectivity index (χ1v) is 5.87. The van der Waals surface area contributed by atoms with Crippen molar-refractivity contribution in [2.45, 2.75) is 19.8 Å². The van der Waals surface area contributed by atoms with Crippen LogP contribution >= 0.6 is 15.9 Å². The molecule has 2 N–H and O–H groups in total. The first kappa shape index (κ1) is 12.4. The predicted octanol–water partition coefficient (Wildman–Crippen LogP) is 2.06. The lowest BCUT2D eigenvalue weighted by molar-refractivity contribution is 0.258. The number of nitrogens with zero attached hydrogens (tertiary/aromatic N) is 2. The molecule has 15 heavy (non-hydrogen) atoms. The van der Waals surface area contributed by atoms with Gasteiger partial charge < -0.3 is 10.4 Å². The summed E-state index contributed by atoms with van der Waals surface area (Å²) in [6, 6.07) is 0. The highest BCUT2D eigenvalue weighted by Crippen LogP contribution is 2.18. The van der Waals surface area contributed by atoms with Crippen molar-refractivity contribution >= 4 is 21.7 Å². The van der Waals surface area contributed by atoms with Crippen molar-refractivity contribution in [3.63, 3.8) is 0 Å². The van der Waals surface area contributed by atoms with Crippen LogP contribution in [0.1, 0.15) is 19.8 Å². The van der Waals surface area contributed by atoms with Crippen LogP contribution in [0, 0.1) is 5.92 Å². The lowest BCUT2D eigenvalue weighted by Crippen LogP contribution is -2.15. The second kappa shape index (κ2) is 6.74. The molecule has 0 saturated carbocycles. The third-order valence-electron chi connectivity index (χ3n) is 2.34. The van der Waals surface area contributed by atoms with Gasteiger partial charge in [-0.05, 0) is 28.3 Å². The number of anilines is 1. The van der Waals surface area contributed by atoms with Crippen LogP contribution in [0.5, 0.6) is 0 Å². The van der Waals surface area contributed by atoms with Crippen molar-refractivity contribution in [3.8, 4) is 0 Å². The largest absolute Gasteiger partial charge is 0.396 e. The Kier molecular flexibility index (Phi) is 5.57. The van der Waals surface area contributed by atoms with Crippen LogP contribution in [0.2, 0.25) is 0 Å². The average Bonchev–Trinajstić information content (AvgIpc) is 2.26. The quantitative estimate of drug-likeness (QED) is 0.833. The first-order chi connectivity index (χ1) is 7.27. The van der Waals surface area contributed by atoms with Crippen molar-refractivity contribution in [2.24, 2.45) is 5.92 Å². The number of halogens is 1. The van der Waals surface area contributed by atoms with Gasteiger partial charge in [0.15, 0.2) is 0 Å². The molecule has 0 aromatic carbocycles. The number of aliphatic hydroxyl groups is 1. The monoisotopic (exact) mass is 273 g/mol. The predicted molar refractivity (Wildman–Crippen MR) is 63.7 cm³/mol. The molecule has 0 amide bonds. The highest BCUT2D eigenvalue weighted by Gasteiger charge is 2.07. The van der Waals surface area contributed by atoms with E-state index in [4.69, 9.17) is 5.11 Å². The normalized spacial score (nSPS) is 12.5. The molecule has 1 rings (SSSR count). The van der Waals surface area contributed by atoms with Gasteiger partial charge in [-0.1, -0.05) is 13.3 Å². The van der Waals surface area contributed by atoms with Crippen LogP contribution in [-0.4, -0.2) is 28.2 Å². The Hall–Kier alpha value is -0.680. The summed E-state index contributed by atoms with van der Waals surface area (Å²) in [6.07, 6.45) is 5.10. The van der Waals surface area contributed by atoms with Gasteiger partial charge in [0.25, 0.3) is 0 Å². The zero-order valence-electron chi connectivity index (χ0n) is 8.78. The fourth-order valence-electron chi connectivity index (χ4n) is 1.32. The van der Waals surface area contributed by atoms with Gasteiger partial charge in [0, 0.05) is 19.3 Å². The van der Waals surface area contributed by atoms with Crippen molar-refractivity contribution in [2.75, 3.05) is 18.5 Å². The Morgan fingerprint density at radius 2 is 2.40 bits per heavy atom. The smallest absolute Gasteiger partial charge is 0.143 e. The van der Waals surface area contributed by atoms with E-state index in [2.05, 4.69) is 38.1 Å². The Labute approximate surface area is 98.3 Å². The lowest BCUT2D eigenvalue weighted by atomic mass is 10.0. The van der Waals surface area contributed by atoms with Crippen molar-refractivity contribution in [3.05, 3.63) is 17.0 Å². The minimum Gasteiger partial charge on any atom is -0.396 e. The van der Waals surface area contributed by atoms with Gasteiger partial charge in [0.2, 0.25) is 0 Å². The van der Waals surface area contributed by atoms with E-state index in [-0.39, 0.29) is 6.61 Å². The number of aromatic nitrogens is 2. The molecule has 1 unspecified atom stereocenters. The summed E-state index contributed by atoms with van der Waals surface area (Å²) in [6.45, 7) is 3.19. The fraction of sp³-hybridized carbons (Fsp3) is 0.600. The third kappa shape index (κ3) is 4.13. The fourth-order valence-corrected chi connectivity index (χ4v) is 1.68. The maximum Gasteiger partial charge on any atom is 0.143 e. The van der Waals surface area contributed by atoms with Crippen LogP contribution in [0.25, 0.3) is 0 Å². The van der Waals surface area contributed by atoms with E-state index in [0.29, 0.717) is 5.92 Å². The zero-order valence-corrected chi connectivity index (χ0v) is 10.4. The summed E-state index contributed by atoms with van der Waals surface area (Å²) < 4.78 is 0.865. The molecule has 5 heteroatoms. The maximum absolute atomic E-state index is 8.86. The second-order valence-electron chi connectivity index (χ2n) is 3.39. The van der Waals surface area contributed by atoms with Crippen LogP contribution in [0.4, 0.5) is 5.82 Å². The van der Waals surface area contributed by atoms with Gasteiger partial charge in [0.1, 0.15) is 12.1 Å². The first-order valence-electron chi connectivity index (χ1n) is 5.08. The molecule has 0 aliphatic rings. The minimum atomic E-state index is 0.241. The molecule has 0 spiro atoms. The Bertz CT molecular complexity index is 296. The molecule has 1 aromatic heterocycles. The summed E-state index contributed by atoms with van der Waals surface area (Å²) in [4.78, 5) is 8.00. The summed E-state index contributed by atoms with van der Waals surface area (Å²) in [7, 11) is 0. The molecule has 1 aromatic rings. The topological polar surface area (TPSA) is 58.0 Å². The van der Waals surface area contributed by atoms with Gasteiger partial charge in [0.05, 0.1) is 4.47 Å². The standard InChI is InChI=1S/C10H16BrN3O/c1-2-8(3-4-15)5-13-10-9(11)6-12-7-14-10/h6-8,15H,2-5H2,1H3,(H,12,13,14). The highest BCUT2D eigenvalue weighted by atomic mass is 79.9. The number of aliphatic hydroxyl groups excluding tert-OH is 1. The van der Waals surface area contributed by atoms with Crippen LogP contribution in [-0.2, 0) is 0 Å². The third-order valence-corrected chi connectivity index (χ3v) is 2.92. The van der Waals surface area contributed by atoms with Gasteiger partial charge in [-0.2, -0.15) is 0 Å². The molecule has 0 radical (unpaired) electrons. The van der Waals surface area contributed by atoms with Crippen LogP contribution in [0.3, 0.4) is 0 Å². The molecule has 0 aliphatic heterocycles. The molecule has 84 valence electrons. The molecule has 0 bridgehead atoms. The molecular formula is C10H16BrN3O. The maximum atomic E-state index is 8.86. The summed E-state index contributed by atoms with van der Waals surface area (Å²) >= 11 is 3.37. The van der Waals surface area contributed by atoms with E-state index < -0.39 is 0 Å². The Morgan fingerprint density at radius 3 is 3.00 bits per heavy atom. The Balaban J connectivity index is 2.45. The minimum absolute atomic E-state index is 0.241. The molecule has 0 aliphatic carbocycles. The molecule has 0 fully saturated rings. The summed E-state index contributed by atoms with van der Waals surface area (Å²) in [5, 5.41) is 12.1.